The Hall–Kier alpha value is -0.670. The van der Waals surface area contributed by atoms with E-state index >= 15 is 0 Å². The van der Waals surface area contributed by atoms with Gasteiger partial charge in [-0.25, -0.2) is 0 Å². The highest BCUT2D eigenvalue weighted by molar-refractivity contribution is 7.98. The van der Waals surface area contributed by atoms with E-state index in [1.807, 2.05) is 11.8 Å². The molecule has 3 heteroatoms. The molecule has 0 aliphatic carbocycles. The number of nitrogens with zero attached hydrogens (tertiary/aromatic N) is 1. The highest BCUT2D eigenvalue weighted by Crippen LogP contribution is 2.28. The molecule has 2 nitrogen and oxygen atoms in total. The number of nitrogens with one attached hydrogen (secondary N) is 1. The summed E-state index contributed by atoms with van der Waals surface area (Å²) in [4.78, 5) is 3.90. The maximum Gasteiger partial charge on any atom is 0.0480 e. The molecule has 0 spiro atoms. The van der Waals surface area contributed by atoms with E-state index in [4.69, 9.17) is 0 Å². The first-order valence-electron chi connectivity index (χ1n) is 7.36. The molecule has 0 radical (unpaired) electrons. The van der Waals surface area contributed by atoms with Gasteiger partial charge in [0.15, 0.2) is 0 Å². The summed E-state index contributed by atoms with van der Waals surface area (Å²) in [5.74, 6) is 0.803. The average Bonchev–Trinajstić information content (AvgIpc) is 2.48. The standard InChI is InChI=1S/C16H26N2S/c1-4-18-11-9-14(10-12-18)13(2)17-15-7-5-6-8-16(15)19-3/h5-8,13-14,17H,4,9-12H2,1-3H3. The molecule has 0 aromatic heterocycles. The molecule has 0 bridgehead atoms. The zero-order valence-corrected chi connectivity index (χ0v) is 13.2. The van der Waals surface area contributed by atoms with Crippen molar-refractivity contribution in [1.29, 1.82) is 0 Å². The van der Waals surface area contributed by atoms with Crippen molar-refractivity contribution in [3.8, 4) is 0 Å². The Kier molecular flexibility index (Phi) is 5.59. The largest absolute Gasteiger partial charge is 0.381 e. The predicted octanol–water partition coefficient (Wildman–Crippen LogP) is 3.94. The van der Waals surface area contributed by atoms with Gasteiger partial charge in [-0.05, 0) is 63.7 Å². The number of anilines is 1. The van der Waals surface area contributed by atoms with E-state index in [2.05, 4.69) is 54.6 Å². The van der Waals surface area contributed by atoms with Crippen LogP contribution in [0.1, 0.15) is 26.7 Å². The van der Waals surface area contributed by atoms with Gasteiger partial charge >= 0.3 is 0 Å². The molecule has 1 aliphatic heterocycles. The molecule has 19 heavy (non-hydrogen) atoms. The first-order valence-corrected chi connectivity index (χ1v) is 8.59. The molecule has 1 aromatic rings. The molecule has 106 valence electrons. The summed E-state index contributed by atoms with van der Waals surface area (Å²) < 4.78 is 0. The van der Waals surface area contributed by atoms with Crippen LogP contribution in [0.4, 0.5) is 5.69 Å². The fraction of sp³-hybridized carbons (Fsp3) is 0.625. The van der Waals surface area contributed by atoms with Gasteiger partial charge in [0, 0.05) is 16.6 Å². The third-order valence-electron chi connectivity index (χ3n) is 4.28. The Bertz CT molecular complexity index is 386. The van der Waals surface area contributed by atoms with E-state index in [0.717, 1.165) is 5.92 Å². The molecule has 1 heterocycles. The Labute approximate surface area is 122 Å². The zero-order chi connectivity index (χ0) is 13.7. The number of rotatable bonds is 5. The van der Waals surface area contributed by atoms with E-state index < -0.39 is 0 Å². The van der Waals surface area contributed by atoms with Crippen molar-refractivity contribution in [1.82, 2.24) is 4.90 Å². The van der Waals surface area contributed by atoms with Gasteiger partial charge in [0.2, 0.25) is 0 Å². The predicted molar refractivity (Wildman–Crippen MR) is 86.1 cm³/mol. The average molecular weight is 278 g/mol. The smallest absolute Gasteiger partial charge is 0.0480 e. The summed E-state index contributed by atoms with van der Waals surface area (Å²) in [6.45, 7) is 8.32. The van der Waals surface area contributed by atoms with Crippen LogP contribution in [0.2, 0.25) is 0 Å². The van der Waals surface area contributed by atoms with E-state index in [1.54, 1.807) is 0 Å². The topological polar surface area (TPSA) is 15.3 Å². The molecule has 1 aromatic carbocycles. The second-order valence-corrected chi connectivity index (χ2v) is 6.25. The molecule has 1 atom stereocenters. The van der Waals surface area contributed by atoms with E-state index in [9.17, 15) is 0 Å². The SMILES string of the molecule is CCN1CCC(C(C)Nc2ccccc2SC)CC1. The minimum atomic E-state index is 0.562. The zero-order valence-electron chi connectivity index (χ0n) is 12.4. The van der Waals surface area contributed by atoms with Crippen LogP contribution in [0, 0.1) is 5.92 Å². The molecule has 1 aliphatic rings. The fourth-order valence-electron chi connectivity index (χ4n) is 2.90. The summed E-state index contributed by atoms with van der Waals surface area (Å²) in [6.07, 6.45) is 4.79. The summed E-state index contributed by atoms with van der Waals surface area (Å²) in [5, 5.41) is 3.72. The molecular weight excluding hydrogens is 252 g/mol. The van der Waals surface area contributed by atoms with Crippen molar-refractivity contribution in [2.45, 2.75) is 37.6 Å². The van der Waals surface area contributed by atoms with Crippen molar-refractivity contribution in [3.05, 3.63) is 24.3 Å². The van der Waals surface area contributed by atoms with Crippen molar-refractivity contribution in [2.75, 3.05) is 31.2 Å². The number of thioether (sulfide) groups is 1. The highest BCUT2D eigenvalue weighted by atomic mass is 32.2. The van der Waals surface area contributed by atoms with E-state index in [0.29, 0.717) is 6.04 Å². The van der Waals surface area contributed by atoms with Gasteiger partial charge in [-0.1, -0.05) is 19.1 Å². The fourth-order valence-corrected chi connectivity index (χ4v) is 3.46. The second-order valence-electron chi connectivity index (χ2n) is 5.40. The number of likely N-dealkylation sites (tertiary alicyclic amines) is 1. The lowest BCUT2D eigenvalue weighted by atomic mass is 9.90. The normalized spacial score (nSPS) is 19.3. The third-order valence-corrected chi connectivity index (χ3v) is 5.07. The number of hydrogen-bond donors (Lipinski definition) is 1. The van der Waals surface area contributed by atoms with Crippen LogP contribution >= 0.6 is 11.8 Å². The van der Waals surface area contributed by atoms with Gasteiger partial charge < -0.3 is 10.2 Å². The number of piperidine rings is 1. The number of benzene rings is 1. The number of para-hydroxylation sites is 1. The molecule has 0 amide bonds. The highest BCUT2D eigenvalue weighted by Gasteiger charge is 2.23. The van der Waals surface area contributed by atoms with Crippen LogP contribution in [0.25, 0.3) is 0 Å². The molecule has 1 N–H and O–H groups in total. The second kappa shape index (κ2) is 7.20. The molecular formula is C16H26N2S. The van der Waals surface area contributed by atoms with Crippen LogP contribution in [0.5, 0.6) is 0 Å². The summed E-state index contributed by atoms with van der Waals surface area (Å²) in [5.41, 5.74) is 1.29. The van der Waals surface area contributed by atoms with E-state index in [1.165, 1.54) is 43.1 Å². The Balaban J connectivity index is 1.92. The third kappa shape index (κ3) is 3.90. The van der Waals surface area contributed by atoms with Crippen LogP contribution in [-0.4, -0.2) is 36.8 Å². The van der Waals surface area contributed by atoms with Gasteiger partial charge in [0.05, 0.1) is 0 Å². The lowest BCUT2D eigenvalue weighted by Crippen LogP contribution is -2.39. The van der Waals surface area contributed by atoms with Gasteiger partial charge in [0.25, 0.3) is 0 Å². The van der Waals surface area contributed by atoms with Gasteiger partial charge in [0.1, 0.15) is 0 Å². The molecule has 2 rings (SSSR count). The summed E-state index contributed by atoms with van der Waals surface area (Å²) in [6, 6.07) is 9.19. The Morgan fingerprint density at radius 2 is 2.00 bits per heavy atom. The lowest BCUT2D eigenvalue weighted by Gasteiger charge is -2.35. The molecule has 0 saturated carbocycles. The Morgan fingerprint density at radius 3 is 2.63 bits per heavy atom. The van der Waals surface area contributed by atoms with Crippen LogP contribution < -0.4 is 5.32 Å². The number of hydrogen-bond acceptors (Lipinski definition) is 3. The minimum Gasteiger partial charge on any atom is -0.381 e. The van der Waals surface area contributed by atoms with Gasteiger partial charge in [-0.15, -0.1) is 11.8 Å². The molecule has 1 fully saturated rings. The molecule has 1 unspecified atom stereocenters. The van der Waals surface area contributed by atoms with Crippen molar-refractivity contribution in [2.24, 2.45) is 5.92 Å². The van der Waals surface area contributed by atoms with Crippen LogP contribution in [0.3, 0.4) is 0 Å². The minimum absolute atomic E-state index is 0.562. The summed E-state index contributed by atoms with van der Waals surface area (Å²) >= 11 is 1.82. The van der Waals surface area contributed by atoms with Gasteiger partial charge in [-0.2, -0.15) is 0 Å². The first kappa shape index (κ1) is 14.7. The van der Waals surface area contributed by atoms with Gasteiger partial charge in [-0.3, -0.25) is 0 Å². The van der Waals surface area contributed by atoms with Crippen molar-refractivity contribution >= 4 is 17.4 Å². The monoisotopic (exact) mass is 278 g/mol. The quantitative estimate of drug-likeness (QED) is 0.821. The maximum absolute atomic E-state index is 3.72. The van der Waals surface area contributed by atoms with Crippen molar-refractivity contribution in [3.63, 3.8) is 0 Å². The lowest BCUT2D eigenvalue weighted by molar-refractivity contribution is 0.183. The first-order chi connectivity index (χ1) is 9.24. The maximum atomic E-state index is 3.72. The Morgan fingerprint density at radius 1 is 1.32 bits per heavy atom. The summed E-state index contributed by atoms with van der Waals surface area (Å²) in [7, 11) is 0. The molecule has 1 saturated heterocycles. The van der Waals surface area contributed by atoms with E-state index in [-0.39, 0.29) is 0 Å². The van der Waals surface area contributed by atoms with Crippen LogP contribution in [0.15, 0.2) is 29.2 Å². The van der Waals surface area contributed by atoms with Crippen molar-refractivity contribution < 1.29 is 0 Å². The van der Waals surface area contributed by atoms with Crippen LogP contribution in [-0.2, 0) is 0 Å².